The lowest BCUT2D eigenvalue weighted by molar-refractivity contribution is 0.515. The SMILES string of the molecule is CCCCCCCCCC(N)Cc1cc(F)ccc1F. The van der Waals surface area contributed by atoms with Crippen molar-refractivity contribution in [1.29, 1.82) is 0 Å². The lowest BCUT2D eigenvalue weighted by Gasteiger charge is -2.12. The van der Waals surface area contributed by atoms with Gasteiger partial charge in [0.2, 0.25) is 0 Å². The third-order valence-electron chi connectivity index (χ3n) is 3.67. The quantitative estimate of drug-likeness (QED) is 0.602. The van der Waals surface area contributed by atoms with E-state index in [4.69, 9.17) is 5.73 Å². The van der Waals surface area contributed by atoms with Gasteiger partial charge in [0.25, 0.3) is 0 Å². The molecule has 20 heavy (non-hydrogen) atoms. The largest absolute Gasteiger partial charge is 0.327 e. The monoisotopic (exact) mass is 283 g/mol. The first-order valence-electron chi connectivity index (χ1n) is 7.83. The van der Waals surface area contributed by atoms with Crippen LogP contribution < -0.4 is 5.73 Å². The summed E-state index contributed by atoms with van der Waals surface area (Å²) >= 11 is 0. The molecule has 1 aromatic carbocycles. The zero-order chi connectivity index (χ0) is 14.8. The minimum absolute atomic E-state index is 0.0815. The first-order valence-corrected chi connectivity index (χ1v) is 7.83. The second-order valence-corrected chi connectivity index (χ2v) is 5.61. The molecule has 1 aromatic rings. The molecule has 0 aliphatic heterocycles. The van der Waals surface area contributed by atoms with Crippen molar-refractivity contribution < 1.29 is 8.78 Å². The van der Waals surface area contributed by atoms with Crippen LogP contribution in [0.4, 0.5) is 8.78 Å². The van der Waals surface area contributed by atoms with Crippen LogP contribution in [0.2, 0.25) is 0 Å². The molecule has 0 aliphatic carbocycles. The van der Waals surface area contributed by atoms with Gasteiger partial charge in [0, 0.05) is 6.04 Å². The normalized spacial score (nSPS) is 12.6. The molecular weight excluding hydrogens is 256 g/mol. The summed E-state index contributed by atoms with van der Waals surface area (Å²) in [5.41, 5.74) is 6.39. The smallest absolute Gasteiger partial charge is 0.126 e. The predicted molar refractivity (Wildman–Crippen MR) is 80.6 cm³/mol. The Balaban J connectivity index is 2.17. The molecule has 0 fully saturated rings. The molecule has 1 nitrogen and oxygen atoms in total. The molecule has 2 N–H and O–H groups in total. The van der Waals surface area contributed by atoms with E-state index in [1.54, 1.807) is 0 Å². The molecule has 0 saturated carbocycles. The van der Waals surface area contributed by atoms with Crippen molar-refractivity contribution in [2.45, 2.75) is 70.8 Å². The molecule has 0 bridgehead atoms. The molecule has 0 amide bonds. The summed E-state index contributed by atoms with van der Waals surface area (Å²) in [6, 6.07) is 3.48. The van der Waals surface area contributed by atoms with Crippen molar-refractivity contribution in [1.82, 2.24) is 0 Å². The fraction of sp³-hybridized carbons (Fsp3) is 0.647. The summed E-state index contributed by atoms with van der Waals surface area (Å²) in [6.07, 6.45) is 10.00. The molecule has 3 heteroatoms. The van der Waals surface area contributed by atoms with Gasteiger partial charge < -0.3 is 5.73 Å². The van der Waals surface area contributed by atoms with Gasteiger partial charge in [-0.2, -0.15) is 0 Å². The number of hydrogen-bond acceptors (Lipinski definition) is 1. The van der Waals surface area contributed by atoms with Crippen molar-refractivity contribution in [2.75, 3.05) is 0 Å². The summed E-state index contributed by atoms with van der Waals surface area (Å²) in [6.45, 7) is 2.21. The topological polar surface area (TPSA) is 26.0 Å². The Hall–Kier alpha value is -0.960. The van der Waals surface area contributed by atoms with Crippen LogP contribution in [0.3, 0.4) is 0 Å². The van der Waals surface area contributed by atoms with Crippen LogP contribution in [0.25, 0.3) is 0 Å². The molecule has 0 aromatic heterocycles. The lowest BCUT2D eigenvalue weighted by Crippen LogP contribution is -2.23. The zero-order valence-electron chi connectivity index (χ0n) is 12.5. The first kappa shape index (κ1) is 17.1. The van der Waals surface area contributed by atoms with Gasteiger partial charge in [0.15, 0.2) is 0 Å². The average Bonchev–Trinajstić information content (AvgIpc) is 2.42. The molecule has 1 atom stereocenters. The van der Waals surface area contributed by atoms with Gasteiger partial charge in [0.1, 0.15) is 11.6 Å². The first-order chi connectivity index (χ1) is 9.63. The summed E-state index contributed by atoms with van der Waals surface area (Å²) < 4.78 is 26.5. The van der Waals surface area contributed by atoms with Gasteiger partial charge in [-0.05, 0) is 36.6 Å². The fourth-order valence-corrected chi connectivity index (χ4v) is 2.45. The number of unbranched alkanes of at least 4 members (excludes halogenated alkanes) is 6. The molecule has 1 unspecified atom stereocenters. The number of benzene rings is 1. The number of rotatable bonds is 10. The third kappa shape index (κ3) is 6.99. The van der Waals surface area contributed by atoms with E-state index in [9.17, 15) is 8.78 Å². The van der Waals surface area contributed by atoms with Crippen LogP contribution in [-0.2, 0) is 6.42 Å². The Labute approximate surface area is 121 Å². The Morgan fingerprint density at radius 3 is 2.35 bits per heavy atom. The van der Waals surface area contributed by atoms with Gasteiger partial charge in [-0.15, -0.1) is 0 Å². The molecule has 0 heterocycles. The standard InChI is InChI=1S/C17H27F2N/c1-2-3-4-5-6-7-8-9-16(20)13-14-12-15(18)10-11-17(14)19/h10-12,16H,2-9,13,20H2,1H3. The van der Waals surface area contributed by atoms with Crippen LogP contribution in [0.15, 0.2) is 18.2 Å². The fourth-order valence-electron chi connectivity index (χ4n) is 2.45. The van der Waals surface area contributed by atoms with E-state index in [2.05, 4.69) is 6.92 Å². The highest BCUT2D eigenvalue weighted by Crippen LogP contribution is 2.14. The number of hydrogen-bond donors (Lipinski definition) is 1. The van der Waals surface area contributed by atoms with E-state index in [0.717, 1.165) is 18.9 Å². The Kier molecular flexibility index (Phi) is 8.43. The maximum absolute atomic E-state index is 13.5. The Morgan fingerprint density at radius 2 is 1.65 bits per heavy atom. The second-order valence-electron chi connectivity index (χ2n) is 5.61. The maximum Gasteiger partial charge on any atom is 0.126 e. The van der Waals surface area contributed by atoms with Gasteiger partial charge in [-0.3, -0.25) is 0 Å². The average molecular weight is 283 g/mol. The predicted octanol–water partition coefficient (Wildman–Crippen LogP) is 4.98. The molecule has 0 spiro atoms. The molecule has 0 aliphatic rings. The summed E-state index contributed by atoms with van der Waals surface area (Å²) in [4.78, 5) is 0. The minimum atomic E-state index is -0.399. The van der Waals surface area contributed by atoms with E-state index in [0.29, 0.717) is 12.0 Å². The van der Waals surface area contributed by atoms with Crippen molar-refractivity contribution in [3.8, 4) is 0 Å². The van der Waals surface area contributed by atoms with Crippen molar-refractivity contribution in [2.24, 2.45) is 5.73 Å². The van der Waals surface area contributed by atoms with Crippen LogP contribution in [0.1, 0.15) is 63.9 Å². The summed E-state index contributed by atoms with van der Waals surface area (Å²) in [7, 11) is 0. The number of nitrogens with two attached hydrogens (primary N) is 1. The Morgan fingerprint density at radius 1 is 1.00 bits per heavy atom. The van der Waals surface area contributed by atoms with Crippen molar-refractivity contribution in [3.05, 3.63) is 35.4 Å². The van der Waals surface area contributed by atoms with Gasteiger partial charge in [-0.1, -0.05) is 51.9 Å². The molecule has 114 valence electrons. The van der Waals surface area contributed by atoms with Gasteiger partial charge in [0.05, 0.1) is 0 Å². The highest BCUT2D eigenvalue weighted by Gasteiger charge is 2.09. The third-order valence-corrected chi connectivity index (χ3v) is 3.67. The maximum atomic E-state index is 13.5. The minimum Gasteiger partial charge on any atom is -0.327 e. The highest BCUT2D eigenvalue weighted by atomic mass is 19.1. The summed E-state index contributed by atoms with van der Waals surface area (Å²) in [5.74, 6) is -0.758. The van der Waals surface area contributed by atoms with Gasteiger partial charge >= 0.3 is 0 Å². The number of halogens is 2. The molecule has 0 radical (unpaired) electrons. The van der Waals surface area contributed by atoms with Crippen LogP contribution in [-0.4, -0.2) is 6.04 Å². The van der Waals surface area contributed by atoms with E-state index in [-0.39, 0.29) is 11.9 Å². The Bertz CT molecular complexity index is 379. The summed E-state index contributed by atoms with van der Waals surface area (Å²) in [5, 5.41) is 0. The lowest BCUT2D eigenvalue weighted by atomic mass is 10.00. The van der Waals surface area contributed by atoms with Crippen LogP contribution >= 0.6 is 0 Å². The van der Waals surface area contributed by atoms with Crippen molar-refractivity contribution >= 4 is 0 Å². The van der Waals surface area contributed by atoms with E-state index >= 15 is 0 Å². The van der Waals surface area contributed by atoms with E-state index < -0.39 is 5.82 Å². The second kappa shape index (κ2) is 9.87. The van der Waals surface area contributed by atoms with Crippen LogP contribution in [0.5, 0.6) is 0 Å². The van der Waals surface area contributed by atoms with Crippen LogP contribution in [0, 0.1) is 11.6 Å². The molecule has 0 saturated heterocycles. The van der Waals surface area contributed by atoms with Crippen molar-refractivity contribution in [3.63, 3.8) is 0 Å². The highest BCUT2D eigenvalue weighted by molar-refractivity contribution is 5.19. The van der Waals surface area contributed by atoms with E-state index in [1.807, 2.05) is 0 Å². The van der Waals surface area contributed by atoms with E-state index in [1.165, 1.54) is 50.7 Å². The molecule has 1 rings (SSSR count). The molecular formula is C17H27F2N. The zero-order valence-corrected chi connectivity index (χ0v) is 12.5. The van der Waals surface area contributed by atoms with Gasteiger partial charge in [-0.25, -0.2) is 8.78 Å².